The number of non-ortho nitro benzene ring substituents is 1. The minimum absolute atomic E-state index is 0.0312. The van der Waals surface area contributed by atoms with Crippen LogP contribution in [-0.4, -0.2) is 64.2 Å². The summed E-state index contributed by atoms with van der Waals surface area (Å²) >= 11 is 1.57. The summed E-state index contributed by atoms with van der Waals surface area (Å²) < 4.78 is 5.36. The van der Waals surface area contributed by atoms with E-state index < -0.39 is 16.9 Å². The van der Waals surface area contributed by atoms with Crippen LogP contribution in [0.1, 0.15) is 12.5 Å². The third kappa shape index (κ3) is 3.86. The summed E-state index contributed by atoms with van der Waals surface area (Å²) in [6.07, 6.45) is 1.60. The van der Waals surface area contributed by atoms with Crippen LogP contribution in [0, 0.1) is 10.1 Å². The minimum atomic E-state index is -0.579. The molecule has 28 heavy (non-hydrogen) atoms. The van der Waals surface area contributed by atoms with Crippen LogP contribution < -0.4 is 0 Å². The van der Waals surface area contributed by atoms with Gasteiger partial charge in [0, 0.05) is 32.0 Å². The highest BCUT2D eigenvalue weighted by atomic mass is 32.2. The molecular formula is C18H20N4O5S. The van der Waals surface area contributed by atoms with E-state index in [2.05, 4.69) is 4.99 Å². The summed E-state index contributed by atoms with van der Waals surface area (Å²) in [5, 5.41) is 10.5. The Morgan fingerprint density at radius 1 is 1.43 bits per heavy atom. The molecule has 0 bridgehead atoms. The van der Waals surface area contributed by atoms with Crippen LogP contribution in [0.25, 0.3) is 0 Å². The fourth-order valence-electron chi connectivity index (χ4n) is 2.88. The molecule has 0 N–H and O–H groups in total. The number of benzene rings is 1. The molecule has 148 valence electrons. The molecule has 0 aliphatic carbocycles. The second-order valence-corrected chi connectivity index (χ2v) is 7.82. The molecule has 1 aromatic rings. The van der Waals surface area contributed by atoms with Gasteiger partial charge in [-0.2, -0.15) is 0 Å². The van der Waals surface area contributed by atoms with Gasteiger partial charge in [-0.3, -0.25) is 24.8 Å². The van der Waals surface area contributed by atoms with Crippen molar-refractivity contribution in [1.82, 2.24) is 9.80 Å². The van der Waals surface area contributed by atoms with Crippen molar-refractivity contribution < 1.29 is 19.2 Å². The van der Waals surface area contributed by atoms with E-state index in [4.69, 9.17) is 4.74 Å². The molecule has 0 aromatic heterocycles. The van der Waals surface area contributed by atoms with Gasteiger partial charge in [-0.15, -0.1) is 11.8 Å². The molecule has 10 heteroatoms. The molecule has 2 aliphatic heterocycles. The third-order valence-corrected chi connectivity index (χ3v) is 5.71. The standard InChI is InChI=1S/C18H20N4O5S/c1-11-9-28-17-14(19-10-20(2)3)16(23)21(17)15(11)18(24)27-8-12-4-6-13(7-5-12)22(25)26/h4-7,10,14,17H,8-9H2,1-3H3/b19-10+/t14-,17-/m1/s1. The molecule has 0 radical (unpaired) electrons. The van der Waals surface area contributed by atoms with E-state index in [9.17, 15) is 19.7 Å². The molecule has 1 aromatic carbocycles. The van der Waals surface area contributed by atoms with Gasteiger partial charge in [-0.1, -0.05) is 0 Å². The van der Waals surface area contributed by atoms with Crippen LogP contribution in [0.2, 0.25) is 0 Å². The van der Waals surface area contributed by atoms with Crippen LogP contribution in [0.15, 0.2) is 40.5 Å². The molecule has 0 saturated carbocycles. The lowest BCUT2D eigenvalue weighted by molar-refractivity contribution is -0.384. The van der Waals surface area contributed by atoms with Gasteiger partial charge in [0.25, 0.3) is 11.6 Å². The number of amides is 1. The smallest absolute Gasteiger partial charge is 0.355 e. The van der Waals surface area contributed by atoms with Gasteiger partial charge in [0.05, 0.1) is 11.3 Å². The lowest BCUT2D eigenvalue weighted by atomic mass is 10.0. The number of rotatable bonds is 6. The Hall–Kier alpha value is -2.88. The maximum Gasteiger partial charge on any atom is 0.355 e. The minimum Gasteiger partial charge on any atom is -0.456 e. The second kappa shape index (κ2) is 8.01. The first-order valence-electron chi connectivity index (χ1n) is 8.54. The Bertz CT molecular complexity index is 865. The summed E-state index contributed by atoms with van der Waals surface area (Å²) in [5.74, 6) is -0.189. The predicted octanol–water partition coefficient (Wildman–Crippen LogP) is 1.79. The maximum atomic E-state index is 12.6. The molecule has 1 fully saturated rings. The number of carbonyl (C=O) groups is 2. The van der Waals surface area contributed by atoms with Crippen LogP contribution in [0.3, 0.4) is 0 Å². The SMILES string of the molecule is CC1=C(C(=O)OCc2ccc([N+](=O)[O-])cc2)N2C(=O)[C@@H](/N=C/N(C)C)[C@H]2SC1. The molecule has 0 unspecified atom stereocenters. The number of hydrogen-bond donors (Lipinski definition) is 0. The highest BCUT2D eigenvalue weighted by molar-refractivity contribution is 8.00. The molecule has 2 aliphatic rings. The average molecular weight is 404 g/mol. The van der Waals surface area contributed by atoms with Crippen molar-refractivity contribution in [1.29, 1.82) is 0 Å². The van der Waals surface area contributed by atoms with Gasteiger partial charge in [0.2, 0.25) is 0 Å². The molecule has 0 spiro atoms. The highest BCUT2D eigenvalue weighted by Crippen LogP contribution is 2.41. The summed E-state index contributed by atoms with van der Waals surface area (Å²) in [7, 11) is 3.65. The number of nitro benzene ring substituents is 1. The molecule has 9 nitrogen and oxygen atoms in total. The number of hydrogen-bond acceptors (Lipinski definition) is 7. The number of carbonyl (C=O) groups excluding carboxylic acids is 2. The highest BCUT2D eigenvalue weighted by Gasteiger charge is 2.53. The number of esters is 1. The van der Waals surface area contributed by atoms with Crippen LogP contribution in [0.4, 0.5) is 5.69 Å². The monoisotopic (exact) mass is 404 g/mol. The van der Waals surface area contributed by atoms with Gasteiger partial charge in [-0.25, -0.2) is 4.79 Å². The number of fused-ring (bicyclic) bond motifs is 1. The Balaban J connectivity index is 1.67. The number of nitro groups is 1. The van der Waals surface area contributed by atoms with Crippen LogP contribution in [0.5, 0.6) is 0 Å². The van der Waals surface area contributed by atoms with Gasteiger partial charge in [-0.05, 0) is 30.2 Å². The van der Waals surface area contributed by atoms with Crippen LogP contribution in [-0.2, 0) is 20.9 Å². The van der Waals surface area contributed by atoms with E-state index in [1.54, 1.807) is 29.9 Å². The lowest BCUT2D eigenvalue weighted by Crippen LogP contribution is -2.64. The summed E-state index contributed by atoms with van der Waals surface area (Å²) in [6.45, 7) is 1.77. The summed E-state index contributed by atoms with van der Waals surface area (Å²) in [6, 6.07) is 5.28. The predicted molar refractivity (Wildman–Crippen MR) is 105 cm³/mol. The van der Waals surface area contributed by atoms with Crippen molar-refractivity contribution in [2.24, 2.45) is 4.99 Å². The van der Waals surface area contributed by atoms with Gasteiger partial charge < -0.3 is 9.64 Å². The number of aliphatic imine (C=N–C) groups is 1. The van der Waals surface area contributed by atoms with Gasteiger partial charge in [0.1, 0.15) is 17.7 Å². The molecule has 1 saturated heterocycles. The first kappa shape index (κ1) is 19.9. The lowest BCUT2D eigenvalue weighted by Gasteiger charge is -2.47. The van der Waals surface area contributed by atoms with Crippen molar-refractivity contribution in [3.63, 3.8) is 0 Å². The zero-order valence-corrected chi connectivity index (χ0v) is 16.5. The first-order chi connectivity index (χ1) is 13.3. The molecule has 2 heterocycles. The zero-order valence-electron chi connectivity index (χ0n) is 15.7. The number of nitrogens with zero attached hydrogens (tertiary/aromatic N) is 4. The quantitative estimate of drug-likeness (QED) is 0.178. The van der Waals surface area contributed by atoms with E-state index in [0.29, 0.717) is 11.3 Å². The van der Waals surface area contributed by atoms with E-state index in [1.807, 2.05) is 14.1 Å². The van der Waals surface area contributed by atoms with Crippen molar-refractivity contribution in [3.8, 4) is 0 Å². The number of ether oxygens (including phenoxy) is 1. The topological polar surface area (TPSA) is 105 Å². The van der Waals surface area contributed by atoms with Crippen molar-refractivity contribution >= 4 is 35.7 Å². The van der Waals surface area contributed by atoms with Crippen molar-refractivity contribution in [2.75, 3.05) is 19.8 Å². The van der Waals surface area contributed by atoms with E-state index in [1.165, 1.54) is 29.2 Å². The number of thioether (sulfide) groups is 1. The Labute approximate surface area is 166 Å². The first-order valence-corrected chi connectivity index (χ1v) is 9.59. The van der Waals surface area contributed by atoms with E-state index in [-0.39, 0.29) is 29.3 Å². The second-order valence-electron chi connectivity index (χ2n) is 6.71. The fourth-order valence-corrected chi connectivity index (χ4v) is 4.17. The summed E-state index contributed by atoms with van der Waals surface area (Å²) in [5.41, 5.74) is 1.64. The largest absolute Gasteiger partial charge is 0.456 e. The van der Waals surface area contributed by atoms with Gasteiger partial charge >= 0.3 is 5.97 Å². The maximum absolute atomic E-state index is 12.6. The van der Waals surface area contributed by atoms with Crippen molar-refractivity contribution in [3.05, 3.63) is 51.2 Å². The molecule has 3 rings (SSSR count). The fraction of sp³-hybridized carbons (Fsp3) is 0.389. The molecular weight excluding hydrogens is 384 g/mol. The molecule has 2 atom stereocenters. The van der Waals surface area contributed by atoms with E-state index >= 15 is 0 Å². The number of β-lactam (4-membered cyclic amide) rings is 1. The molecule has 1 amide bonds. The Morgan fingerprint density at radius 2 is 2.11 bits per heavy atom. The average Bonchev–Trinajstić information content (AvgIpc) is 2.66. The van der Waals surface area contributed by atoms with E-state index in [0.717, 1.165) is 5.57 Å². The normalized spacial score (nSPS) is 21.4. The van der Waals surface area contributed by atoms with Crippen molar-refractivity contribution in [2.45, 2.75) is 24.9 Å². The Kier molecular flexibility index (Phi) is 5.68. The Morgan fingerprint density at radius 3 is 2.71 bits per heavy atom. The summed E-state index contributed by atoms with van der Waals surface area (Å²) in [4.78, 5) is 42.9. The zero-order chi connectivity index (χ0) is 20.4. The third-order valence-electron chi connectivity index (χ3n) is 4.30. The van der Waals surface area contributed by atoms with Crippen LogP contribution >= 0.6 is 11.8 Å². The van der Waals surface area contributed by atoms with Gasteiger partial charge in [0.15, 0.2) is 6.04 Å².